The summed E-state index contributed by atoms with van der Waals surface area (Å²) < 4.78 is 5.81. The molecule has 1 aromatic heterocycles. The number of hydrogen-bond donors (Lipinski definition) is 2. The number of benzene rings is 2. The van der Waals surface area contributed by atoms with E-state index in [1.807, 2.05) is 43.3 Å². The van der Waals surface area contributed by atoms with E-state index in [1.165, 1.54) is 0 Å². The molecule has 126 valence electrons. The van der Waals surface area contributed by atoms with Gasteiger partial charge in [0.25, 0.3) is 5.91 Å². The third kappa shape index (κ3) is 3.01. The molecule has 3 aromatic rings. The van der Waals surface area contributed by atoms with Crippen molar-refractivity contribution in [2.45, 2.75) is 25.8 Å². The van der Waals surface area contributed by atoms with Crippen LogP contribution in [0.4, 0.5) is 5.69 Å². The Hall–Kier alpha value is -3.08. The van der Waals surface area contributed by atoms with Crippen molar-refractivity contribution in [3.63, 3.8) is 0 Å². The fourth-order valence-electron chi connectivity index (χ4n) is 3.09. The Kier molecular flexibility index (Phi) is 3.76. The molecule has 2 amide bonds. The fraction of sp³-hybridized carbons (Fsp3) is 0.200. The van der Waals surface area contributed by atoms with E-state index in [9.17, 15) is 9.59 Å². The van der Waals surface area contributed by atoms with Crippen LogP contribution in [0.3, 0.4) is 0 Å². The van der Waals surface area contributed by atoms with E-state index in [1.54, 1.807) is 12.1 Å². The number of aryl methyl sites for hydroxylation is 1. The third-order valence-corrected chi connectivity index (χ3v) is 4.48. The first-order chi connectivity index (χ1) is 12.1. The average Bonchev–Trinajstić information content (AvgIpc) is 3.05. The second-order valence-electron chi connectivity index (χ2n) is 6.30. The van der Waals surface area contributed by atoms with Crippen molar-refractivity contribution in [1.82, 2.24) is 5.32 Å². The molecule has 5 heteroatoms. The van der Waals surface area contributed by atoms with Gasteiger partial charge in [0.1, 0.15) is 11.3 Å². The Balaban J connectivity index is 1.52. The molecule has 0 unspecified atom stereocenters. The molecule has 1 atom stereocenters. The van der Waals surface area contributed by atoms with Gasteiger partial charge in [-0.15, -0.1) is 0 Å². The van der Waals surface area contributed by atoms with Crippen molar-refractivity contribution < 1.29 is 14.0 Å². The number of carbonyl (C=O) groups is 2. The van der Waals surface area contributed by atoms with Crippen LogP contribution in [0.2, 0.25) is 0 Å². The number of fused-ring (bicyclic) bond motifs is 2. The van der Waals surface area contributed by atoms with Crippen LogP contribution in [0.15, 0.2) is 52.9 Å². The number of nitrogens with one attached hydrogen (secondary N) is 2. The molecule has 0 fully saturated rings. The minimum Gasteiger partial charge on any atom is -0.459 e. The van der Waals surface area contributed by atoms with E-state index < -0.39 is 0 Å². The fourth-order valence-corrected chi connectivity index (χ4v) is 3.09. The maximum absolute atomic E-state index is 12.6. The summed E-state index contributed by atoms with van der Waals surface area (Å²) in [5, 5.41) is 6.81. The van der Waals surface area contributed by atoms with Gasteiger partial charge in [0.15, 0.2) is 0 Å². The second-order valence-corrected chi connectivity index (χ2v) is 6.30. The summed E-state index contributed by atoms with van der Waals surface area (Å²) in [7, 11) is 0. The molecule has 5 nitrogen and oxygen atoms in total. The molecule has 2 heterocycles. The lowest BCUT2D eigenvalue weighted by atomic mass is 10.00. The van der Waals surface area contributed by atoms with Crippen LogP contribution in [0.1, 0.15) is 41.1 Å². The van der Waals surface area contributed by atoms with Crippen molar-refractivity contribution >= 4 is 28.5 Å². The zero-order valence-corrected chi connectivity index (χ0v) is 13.8. The van der Waals surface area contributed by atoms with Crippen LogP contribution in [-0.2, 0) is 11.2 Å². The summed E-state index contributed by atoms with van der Waals surface area (Å²) in [6.45, 7) is 1.90. The van der Waals surface area contributed by atoms with Crippen LogP contribution < -0.4 is 10.6 Å². The highest BCUT2D eigenvalue weighted by Gasteiger charge is 2.19. The molecule has 2 aromatic carbocycles. The Morgan fingerprint density at radius 3 is 2.84 bits per heavy atom. The van der Waals surface area contributed by atoms with Crippen molar-refractivity contribution in [2.24, 2.45) is 0 Å². The van der Waals surface area contributed by atoms with Crippen LogP contribution in [0.5, 0.6) is 0 Å². The van der Waals surface area contributed by atoms with E-state index in [4.69, 9.17) is 4.42 Å². The van der Waals surface area contributed by atoms with E-state index in [0.717, 1.165) is 28.0 Å². The van der Waals surface area contributed by atoms with E-state index in [-0.39, 0.29) is 17.9 Å². The van der Waals surface area contributed by atoms with Crippen molar-refractivity contribution in [3.05, 3.63) is 65.4 Å². The number of anilines is 1. The van der Waals surface area contributed by atoms with Gasteiger partial charge in [-0.05, 0) is 49.2 Å². The topological polar surface area (TPSA) is 71.3 Å². The lowest BCUT2D eigenvalue weighted by Gasteiger charge is -2.18. The molecule has 4 rings (SSSR count). The highest BCUT2D eigenvalue weighted by Crippen LogP contribution is 2.25. The Morgan fingerprint density at radius 2 is 2.00 bits per heavy atom. The van der Waals surface area contributed by atoms with Crippen molar-refractivity contribution in [2.75, 3.05) is 5.32 Å². The molecule has 0 aliphatic carbocycles. The lowest BCUT2D eigenvalue weighted by Crippen LogP contribution is -2.27. The predicted octanol–water partition coefficient (Wildman–Crippen LogP) is 3.81. The number of carbonyl (C=O) groups excluding carboxylic acids is 2. The number of rotatable bonds is 3. The van der Waals surface area contributed by atoms with E-state index >= 15 is 0 Å². The number of furan rings is 1. The van der Waals surface area contributed by atoms with Crippen LogP contribution >= 0.6 is 0 Å². The van der Waals surface area contributed by atoms with Gasteiger partial charge in [-0.3, -0.25) is 9.59 Å². The minimum atomic E-state index is -0.240. The first kappa shape index (κ1) is 15.4. The summed E-state index contributed by atoms with van der Waals surface area (Å²) in [4.78, 5) is 24.0. The maximum Gasteiger partial charge on any atom is 0.251 e. The molecule has 2 N–H and O–H groups in total. The monoisotopic (exact) mass is 334 g/mol. The number of amides is 2. The average molecular weight is 334 g/mol. The molecular weight excluding hydrogens is 316 g/mol. The maximum atomic E-state index is 12.6. The van der Waals surface area contributed by atoms with E-state index in [0.29, 0.717) is 18.4 Å². The normalized spacial score (nSPS) is 14.7. The van der Waals surface area contributed by atoms with Gasteiger partial charge in [-0.25, -0.2) is 0 Å². The number of hydrogen-bond acceptors (Lipinski definition) is 3. The largest absolute Gasteiger partial charge is 0.459 e. The molecular formula is C20H18N2O3. The highest BCUT2D eigenvalue weighted by atomic mass is 16.3. The second kappa shape index (κ2) is 6.09. The first-order valence-electron chi connectivity index (χ1n) is 8.32. The molecule has 0 saturated heterocycles. The summed E-state index contributed by atoms with van der Waals surface area (Å²) in [6, 6.07) is 14.8. The van der Waals surface area contributed by atoms with Gasteiger partial charge in [-0.1, -0.05) is 18.2 Å². The molecule has 1 aliphatic rings. The Morgan fingerprint density at radius 1 is 1.16 bits per heavy atom. The summed E-state index contributed by atoms with van der Waals surface area (Å²) >= 11 is 0. The predicted molar refractivity (Wildman–Crippen MR) is 95.5 cm³/mol. The molecule has 0 bridgehead atoms. The SMILES string of the molecule is C[C@@H](NC(=O)c1ccc2c(c1)CCC(=O)N2)c1cc2ccccc2o1. The molecule has 0 saturated carbocycles. The van der Waals surface area contributed by atoms with Crippen LogP contribution in [0.25, 0.3) is 11.0 Å². The Bertz CT molecular complexity index is 941. The van der Waals surface area contributed by atoms with Gasteiger partial charge in [0.05, 0.1) is 6.04 Å². The summed E-state index contributed by atoms with van der Waals surface area (Å²) in [6.07, 6.45) is 1.11. The van der Waals surface area contributed by atoms with Gasteiger partial charge in [0, 0.05) is 23.1 Å². The molecule has 25 heavy (non-hydrogen) atoms. The lowest BCUT2D eigenvalue weighted by molar-refractivity contribution is -0.116. The zero-order valence-electron chi connectivity index (χ0n) is 13.8. The number of para-hydroxylation sites is 1. The van der Waals surface area contributed by atoms with Gasteiger partial charge >= 0.3 is 0 Å². The van der Waals surface area contributed by atoms with Crippen molar-refractivity contribution in [1.29, 1.82) is 0 Å². The third-order valence-electron chi connectivity index (χ3n) is 4.48. The standard InChI is InChI=1S/C20H18N2O3/c1-12(18-11-14-4-2-3-5-17(14)25-18)21-20(24)15-6-8-16-13(10-15)7-9-19(23)22-16/h2-6,8,10-12H,7,9H2,1H3,(H,21,24)(H,22,23)/t12-/m1/s1. The smallest absolute Gasteiger partial charge is 0.251 e. The molecule has 0 spiro atoms. The molecule has 1 aliphatic heterocycles. The molecule has 0 radical (unpaired) electrons. The summed E-state index contributed by atoms with van der Waals surface area (Å²) in [5.74, 6) is 0.579. The first-order valence-corrected chi connectivity index (χ1v) is 8.32. The van der Waals surface area contributed by atoms with Crippen molar-refractivity contribution in [3.8, 4) is 0 Å². The zero-order chi connectivity index (χ0) is 17.4. The Labute approximate surface area is 145 Å². The quantitative estimate of drug-likeness (QED) is 0.765. The minimum absolute atomic E-state index is 0.0169. The van der Waals surface area contributed by atoms with E-state index in [2.05, 4.69) is 10.6 Å². The van der Waals surface area contributed by atoms with Gasteiger partial charge in [0.2, 0.25) is 5.91 Å². The van der Waals surface area contributed by atoms with Crippen LogP contribution in [-0.4, -0.2) is 11.8 Å². The highest BCUT2D eigenvalue weighted by molar-refractivity contribution is 5.98. The van der Waals surface area contributed by atoms with Gasteiger partial charge < -0.3 is 15.1 Å². The van der Waals surface area contributed by atoms with Gasteiger partial charge in [-0.2, -0.15) is 0 Å². The van der Waals surface area contributed by atoms with Crippen LogP contribution in [0, 0.1) is 0 Å². The summed E-state index contributed by atoms with van der Waals surface area (Å²) in [5.41, 5.74) is 3.17.